The normalized spacial score (nSPS) is 17.3. The first-order valence-electron chi connectivity index (χ1n) is 15.7. The number of rotatable bonds is 24. The van der Waals surface area contributed by atoms with Gasteiger partial charge in [0.05, 0.1) is 25.0 Å². The maximum atomic E-state index is 12.7. The first kappa shape index (κ1) is 32.7. The van der Waals surface area contributed by atoms with Gasteiger partial charge >= 0.3 is 11.9 Å². The molecule has 0 saturated heterocycles. The average molecular weight is 507 g/mol. The van der Waals surface area contributed by atoms with E-state index in [4.69, 9.17) is 9.47 Å². The fourth-order valence-electron chi connectivity index (χ4n) is 5.07. The van der Waals surface area contributed by atoms with Crippen molar-refractivity contribution in [2.75, 3.05) is 13.2 Å². The third-order valence-electron chi connectivity index (χ3n) is 7.48. The third-order valence-corrected chi connectivity index (χ3v) is 7.48. The second-order valence-corrected chi connectivity index (χ2v) is 10.8. The van der Waals surface area contributed by atoms with Crippen LogP contribution in [0.1, 0.15) is 155 Å². The number of esters is 2. The Kier molecular flexibility index (Phi) is 21.8. The van der Waals surface area contributed by atoms with Gasteiger partial charge in [0.15, 0.2) is 0 Å². The standard InChI is InChI=1S/C32H58O4/c1-3-5-7-9-11-13-15-17-19-23-27-35-31(33)29-25-21-22-26-30(29)32(34)36-28-24-20-18-16-14-12-10-8-6-4-2/h21,25,29-30H,3-20,22-24,26-28H2,1-2H3. The second kappa shape index (κ2) is 24.0. The minimum absolute atomic E-state index is 0.226. The van der Waals surface area contributed by atoms with E-state index < -0.39 is 11.8 Å². The minimum Gasteiger partial charge on any atom is -0.465 e. The van der Waals surface area contributed by atoms with Crippen LogP contribution in [-0.2, 0) is 19.1 Å². The molecular formula is C32H58O4. The first-order valence-corrected chi connectivity index (χ1v) is 15.7. The van der Waals surface area contributed by atoms with Gasteiger partial charge in [0.2, 0.25) is 0 Å². The van der Waals surface area contributed by atoms with Crippen LogP contribution in [0.4, 0.5) is 0 Å². The molecule has 36 heavy (non-hydrogen) atoms. The highest BCUT2D eigenvalue weighted by molar-refractivity contribution is 5.83. The summed E-state index contributed by atoms with van der Waals surface area (Å²) in [5.74, 6) is -1.36. The summed E-state index contributed by atoms with van der Waals surface area (Å²) in [7, 11) is 0. The number of ether oxygens (including phenoxy) is 2. The summed E-state index contributed by atoms with van der Waals surface area (Å²) in [4.78, 5) is 25.3. The molecule has 1 rings (SSSR count). The molecule has 0 aromatic heterocycles. The van der Waals surface area contributed by atoms with Crippen molar-refractivity contribution in [3.8, 4) is 0 Å². The van der Waals surface area contributed by atoms with Gasteiger partial charge in [-0.2, -0.15) is 0 Å². The van der Waals surface area contributed by atoms with Gasteiger partial charge in [-0.15, -0.1) is 0 Å². The zero-order chi connectivity index (χ0) is 26.1. The molecule has 0 radical (unpaired) electrons. The molecule has 0 aromatic rings. The van der Waals surface area contributed by atoms with Gasteiger partial charge in [0, 0.05) is 0 Å². The Hall–Kier alpha value is -1.32. The topological polar surface area (TPSA) is 52.6 Å². The highest BCUT2D eigenvalue weighted by Crippen LogP contribution is 2.27. The molecule has 2 atom stereocenters. The van der Waals surface area contributed by atoms with Gasteiger partial charge in [-0.05, 0) is 25.7 Å². The van der Waals surface area contributed by atoms with E-state index in [1.165, 1.54) is 103 Å². The molecule has 0 saturated carbocycles. The fraction of sp³-hybridized carbons (Fsp3) is 0.875. The summed E-state index contributed by atoms with van der Waals surface area (Å²) in [6, 6.07) is 0. The lowest BCUT2D eigenvalue weighted by atomic mass is 9.84. The Labute approximate surface area is 223 Å². The largest absolute Gasteiger partial charge is 0.465 e. The number of allylic oxidation sites excluding steroid dienone is 1. The van der Waals surface area contributed by atoms with E-state index in [0.29, 0.717) is 19.6 Å². The van der Waals surface area contributed by atoms with Crippen molar-refractivity contribution < 1.29 is 19.1 Å². The van der Waals surface area contributed by atoms with Crippen LogP contribution in [0.2, 0.25) is 0 Å². The summed E-state index contributed by atoms with van der Waals surface area (Å²) in [5.41, 5.74) is 0. The molecule has 1 aliphatic rings. The van der Waals surface area contributed by atoms with E-state index in [2.05, 4.69) is 13.8 Å². The molecule has 0 bridgehead atoms. The van der Waals surface area contributed by atoms with Crippen molar-refractivity contribution in [2.45, 2.75) is 155 Å². The number of carbonyl (C=O) groups excluding carboxylic acids is 2. The number of unbranched alkanes of at least 4 members (excludes halogenated alkanes) is 18. The summed E-state index contributed by atoms with van der Waals surface area (Å²) in [6.45, 7) is 5.43. The molecule has 0 amide bonds. The molecule has 4 nitrogen and oxygen atoms in total. The smallest absolute Gasteiger partial charge is 0.313 e. The van der Waals surface area contributed by atoms with Crippen LogP contribution in [0.5, 0.6) is 0 Å². The van der Waals surface area contributed by atoms with Crippen molar-refractivity contribution in [2.24, 2.45) is 11.8 Å². The Balaban J connectivity index is 2.09. The maximum Gasteiger partial charge on any atom is 0.313 e. The number of hydrogen-bond acceptors (Lipinski definition) is 4. The van der Waals surface area contributed by atoms with Gasteiger partial charge in [-0.3, -0.25) is 9.59 Å². The number of carbonyl (C=O) groups is 2. The Morgan fingerprint density at radius 2 is 0.972 bits per heavy atom. The molecule has 0 aliphatic heterocycles. The van der Waals surface area contributed by atoms with Crippen LogP contribution >= 0.6 is 0 Å². The minimum atomic E-state index is -0.484. The van der Waals surface area contributed by atoms with Crippen molar-refractivity contribution in [3.05, 3.63) is 12.2 Å². The van der Waals surface area contributed by atoms with Gasteiger partial charge in [-0.1, -0.05) is 142 Å². The third kappa shape index (κ3) is 17.2. The van der Waals surface area contributed by atoms with E-state index >= 15 is 0 Å². The lowest BCUT2D eigenvalue weighted by Crippen LogP contribution is -2.33. The molecule has 0 spiro atoms. The maximum absolute atomic E-state index is 12.7. The van der Waals surface area contributed by atoms with Crippen LogP contribution in [0.15, 0.2) is 12.2 Å². The van der Waals surface area contributed by atoms with Crippen molar-refractivity contribution >= 4 is 11.9 Å². The molecule has 0 heterocycles. The lowest BCUT2D eigenvalue weighted by Gasteiger charge is -2.24. The molecule has 2 unspecified atom stereocenters. The zero-order valence-electron chi connectivity index (χ0n) is 23.9. The fourth-order valence-corrected chi connectivity index (χ4v) is 5.07. The van der Waals surface area contributed by atoms with Crippen molar-refractivity contribution in [1.82, 2.24) is 0 Å². The predicted octanol–water partition coefficient (Wildman–Crippen LogP) is 9.50. The Morgan fingerprint density at radius 3 is 1.42 bits per heavy atom. The van der Waals surface area contributed by atoms with Crippen LogP contribution in [0, 0.1) is 11.8 Å². The Morgan fingerprint density at radius 1 is 0.583 bits per heavy atom. The first-order chi connectivity index (χ1) is 17.7. The van der Waals surface area contributed by atoms with Gasteiger partial charge in [0.1, 0.15) is 0 Å². The van der Waals surface area contributed by atoms with E-state index in [0.717, 1.165) is 32.1 Å². The van der Waals surface area contributed by atoms with E-state index in [1.807, 2.05) is 12.2 Å². The number of hydrogen-bond donors (Lipinski definition) is 0. The van der Waals surface area contributed by atoms with Crippen LogP contribution in [0.3, 0.4) is 0 Å². The summed E-state index contributed by atoms with van der Waals surface area (Å²) in [6.07, 6.45) is 30.5. The second-order valence-electron chi connectivity index (χ2n) is 10.8. The van der Waals surface area contributed by atoms with Gasteiger partial charge in [0.25, 0.3) is 0 Å². The molecule has 0 fully saturated rings. The lowest BCUT2D eigenvalue weighted by molar-refractivity contribution is -0.159. The highest BCUT2D eigenvalue weighted by atomic mass is 16.5. The van der Waals surface area contributed by atoms with Crippen LogP contribution in [-0.4, -0.2) is 25.2 Å². The summed E-state index contributed by atoms with van der Waals surface area (Å²) < 4.78 is 11.1. The van der Waals surface area contributed by atoms with Crippen LogP contribution < -0.4 is 0 Å². The molecule has 0 aromatic carbocycles. The van der Waals surface area contributed by atoms with Gasteiger partial charge in [-0.25, -0.2) is 0 Å². The van der Waals surface area contributed by atoms with Crippen molar-refractivity contribution in [1.29, 1.82) is 0 Å². The average Bonchev–Trinajstić information content (AvgIpc) is 2.90. The molecular weight excluding hydrogens is 448 g/mol. The molecule has 0 N–H and O–H groups in total. The molecule has 210 valence electrons. The van der Waals surface area contributed by atoms with E-state index in [1.54, 1.807) is 0 Å². The zero-order valence-corrected chi connectivity index (χ0v) is 23.9. The van der Waals surface area contributed by atoms with E-state index in [-0.39, 0.29) is 11.9 Å². The Bertz CT molecular complexity index is 556. The highest BCUT2D eigenvalue weighted by Gasteiger charge is 2.35. The summed E-state index contributed by atoms with van der Waals surface area (Å²) in [5, 5.41) is 0. The summed E-state index contributed by atoms with van der Waals surface area (Å²) >= 11 is 0. The predicted molar refractivity (Wildman–Crippen MR) is 151 cm³/mol. The van der Waals surface area contributed by atoms with Gasteiger partial charge < -0.3 is 9.47 Å². The van der Waals surface area contributed by atoms with Crippen LogP contribution in [0.25, 0.3) is 0 Å². The van der Waals surface area contributed by atoms with E-state index in [9.17, 15) is 9.59 Å². The monoisotopic (exact) mass is 506 g/mol. The SMILES string of the molecule is CCCCCCCCCCCCOC(=O)C1C=CCCC1C(=O)OCCCCCCCCCCCC. The van der Waals surface area contributed by atoms with Crippen molar-refractivity contribution in [3.63, 3.8) is 0 Å². The molecule has 1 aliphatic carbocycles. The molecule has 4 heteroatoms. The quantitative estimate of drug-likeness (QED) is 0.0743.